The van der Waals surface area contributed by atoms with Gasteiger partial charge in [-0.15, -0.1) is 0 Å². The highest BCUT2D eigenvalue weighted by Crippen LogP contribution is 2.25. The van der Waals surface area contributed by atoms with Crippen molar-refractivity contribution in [2.75, 3.05) is 13.1 Å². The zero-order chi connectivity index (χ0) is 8.74. The van der Waals surface area contributed by atoms with E-state index in [2.05, 4.69) is 33.0 Å². The summed E-state index contributed by atoms with van der Waals surface area (Å²) in [5, 5.41) is 3.34. The van der Waals surface area contributed by atoms with Crippen LogP contribution in [0.25, 0.3) is 0 Å². The molecule has 0 radical (unpaired) electrons. The van der Waals surface area contributed by atoms with E-state index in [0.717, 1.165) is 0 Å². The molecule has 0 spiro atoms. The fourth-order valence-electron chi connectivity index (χ4n) is 1.10. The normalized spacial score (nSPS) is 21.8. The highest BCUT2D eigenvalue weighted by atomic mass is 14.9. The maximum atomic E-state index is 3.34. The molecule has 11 heavy (non-hydrogen) atoms. The van der Waals surface area contributed by atoms with Gasteiger partial charge >= 0.3 is 0 Å². The fourth-order valence-corrected chi connectivity index (χ4v) is 1.10. The van der Waals surface area contributed by atoms with Crippen molar-refractivity contribution in [2.24, 2.45) is 5.41 Å². The quantitative estimate of drug-likeness (QED) is 0.570. The number of hydrogen-bond acceptors (Lipinski definition) is 1. The van der Waals surface area contributed by atoms with Crippen LogP contribution in [-0.2, 0) is 0 Å². The van der Waals surface area contributed by atoms with Crippen molar-refractivity contribution in [1.29, 1.82) is 0 Å². The van der Waals surface area contributed by atoms with Gasteiger partial charge in [0.05, 0.1) is 0 Å². The van der Waals surface area contributed by atoms with Gasteiger partial charge in [-0.05, 0) is 31.3 Å². The standard InChI is InChI=1S/C7H15N.C3H8/c1-7(2)3-5-8-6-4-7;1-3-2/h8H,3-6H2,1-2H3;3H2,1-2H3. The van der Waals surface area contributed by atoms with Gasteiger partial charge < -0.3 is 5.32 Å². The van der Waals surface area contributed by atoms with Crippen molar-refractivity contribution in [3.63, 3.8) is 0 Å². The maximum absolute atomic E-state index is 3.34. The van der Waals surface area contributed by atoms with Gasteiger partial charge in [0.15, 0.2) is 0 Å². The van der Waals surface area contributed by atoms with Crippen LogP contribution in [-0.4, -0.2) is 13.1 Å². The third kappa shape index (κ3) is 6.36. The van der Waals surface area contributed by atoms with Crippen molar-refractivity contribution < 1.29 is 0 Å². The summed E-state index contributed by atoms with van der Waals surface area (Å²) in [6.07, 6.45) is 3.93. The van der Waals surface area contributed by atoms with E-state index >= 15 is 0 Å². The van der Waals surface area contributed by atoms with Crippen molar-refractivity contribution >= 4 is 0 Å². The molecule has 1 aliphatic heterocycles. The summed E-state index contributed by atoms with van der Waals surface area (Å²) in [5.74, 6) is 0. The number of piperidine rings is 1. The predicted octanol–water partition coefficient (Wildman–Crippen LogP) is 2.81. The molecule has 0 bridgehead atoms. The summed E-state index contributed by atoms with van der Waals surface area (Å²) in [5.41, 5.74) is 0.616. The molecule has 1 aliphatic rings. The van der Waals surface area contributed by atoms with E-state index in [1.165, 1.54) is 32.4 Å². The predicted molar refractivity (Wildman–Crippen MR) is 51.8 cm³/mol. The third-order valence-electron chi connectivity index (χ3n) is 1.96. The van der Waals surface area contributed by atoms with E-state index in [9.17, 15) is 0 Å². The molecular formula is C10H23N. The van der Waals surface area contributed by atoms with Gasteiger partial charge in [0, 0.05) is 0 Å². The maximum Gasteiger partial charge on any atom is -0.00438 e. The second-order valence-corrected chi connectivity index (χ2v) is 4.12. The molecule has 0 unspecified atom stereocenters. The van der Waals surface area contributed by atoms with E-state index in [1.54, 1.807) is 0 Å². The summed E-state index contributed by atoms with van der Waals surface area (Å²) in [7, 11) is 0. The smallest absolute Gasteiger partial charge is 0.00438 e. The Morgan fingerprint density at radius 3 is 1.64 bits per heavy atom. The first-order valence-corrected chi connectivity index (χ1v) is 4.83. The first-order chi connectivity index (χ1) is 5.12. The minimum absolute atomic E-state index is 0.616. The Morgan fingerprint density at radius 1 is 1.09 bits per heavy atom. The van der Waals surface area contributed by atoms with E-state index in [4.69, 9.17) is 0 Å². The van der Waals surface area contributed by atoms with Crippen molar-refractivity contribution in [3.05, 3.63) is 0 Å². The van der Waals surface area contributed by atoms with Gasteiger partial charge in [0.2, 0.25) is 0 Å². The molecule has 0 amide bonds. The summed E-state index contributed by atoms with van der Waals surface area (Å²) in [6.45, 7) is 11.4. The molecule has 0 saturated carbocycles. The summed E-state index contributed by atoms with van der Waals surface area (Å²) >= 11 is 0. The second-order valence-electron chi connectivity index (χ2n) is 4.12. The topological polar surface area (TPSA) is 12.0 Å². The van der Waals surface area contributed by atoms with Crippen LogP contribution in [0.3, 0.4) is 0 Å². The Balaban J connectivity index is 0.000000292. The van der Waals surface area contributed by atoms with Crippen LogP contribution < -0.4 is 5.32 Å². The van der Waals surface area contributed by atoms with Crippen LogP contribution in [0.5, 0.6) is 0 Å². The van der Waals surface area contributed by atoms with Crippen LogP contribution in [0, 0.1) is 5.41 Å². The number of nitrogens with one attached hydrogen (secondary N) is 1. The molecule has 1 rings (SSSR count). The van der Waals surface area contributed by atoms with Gasteiger partial charge in [-0.2, -0.15) is 0 Å². The molecule has 1 heteroatoms. The Hall–Kier alpha value is -0.0400. The van der Waals surface area contributed by atoms with Crippen LogP contribution in [0.2, 0.25) is 0 Å². The zero-order valence-electron chi connectivity index (χ0n) is 8.54. The fraction of sp³-hybridized carbons (Fsp3) is 1.00. The molecule has 0 aromatic carbocycles. The highest BCUT2D eigenvalue weighted by molar-refractivity contribution is 4.75. The van der Waals surface area contributed by atoms with Crippen molar-refractivity contribution in [2.45, 2.75) is 47.0 Å². The van der Waals surface area contributed by atoms with Gasteiger partial charge in [-0.1, -0.05) is 34.1 Å². The molecule has 0 aliphatic carbocycles. The monoisotopic (exact) mass is 157 g/mol. The molecule has 0 aromatic heterocycles. The van der Waals surface area contributed by atoms with Crippen molar-refractivity contribution in [3.8, 4) is 0 Å². The molecular weight excluding hydrogens is 134 g/mol. The molecule has 1 heterocycles. The van der Waals surface area contributed by atoms with Gasteiger partial charge in [0.1, 0.15) is 0 Å². The van der Waals surface area contributed by atoms with Crippen molar-refractivity contribution in [1.82, 2.24) is 5.32 Å². The Morgan fingerprint density at radius 2 is 1.45 bits per heavy atom. The largest absolute Gasteiger partial charge is 0.317 e. The van der Waals surface area contributed by atoms with E-state index in [-0.39, 0.29) is 0 Å². The summed E-state index contributed by atoms with van der Waals surface area (Å²) in [4.78, 5) is 0. The lowest BCUT2D eigenvalue weighted by atomic mass is 9.83. The lowest BCUT2D eigenvalue weighted by Gasteiger charge is -2.29. The highest BCUT2D eigenvalue weighted by Gasteiger charge is 2.19. The SMILES string of the molecule is CC1(C)CCNCC1.CCC. The van der Waals surface area contributed by atoms with Gasteiger partial charge in [-0.3, -0.25) is 0 Å². The Labute approximate surface area is 71.6 Å². The number of hydrogen-bond donors (Lipinski definition) is 1. The summed E-state index contributed by atoms with van der Waals surface area (Å²) in [6, 6.07) is 0. The zero-order valence-corrected chi connectivity index (χ0v) is 8.54. The Kier molecular flexibility index (Phi) is 5.57. The van der Waals surface area contributed by atoms with Crippen LogP contribution in [0.15, 0.2) is 0 Å². The van der Waals surface area contributed by atoms with Crippen LogP contribution >= 0.6 is 0 Å². The average Bonchev–Trinajstić information content (AvgIpc) is 1.88. The molecule has 1 fully saturated rings. The lowest BCUT2D eigenvalue weighted by molar-refractivity contribution is 0.259. The van der Waals surface area contributed by atoms with E-state index in [1.807, 2.05) is 0 Å². The molecule has 1 nitrogen and oxygen atoms in total. The molecule has 1 N–H and O–H groups in total. The first-order valence-electron chi connectivity index (χ1n) is 4.83. The third-order valence-corrected chi connectivity index (χ3v) is 1.96. The number of rotatable bonds is 0. The Bertz CT molecular complexity index is 78.9. The minimum Gasteiger partial charge on any atom is -0.317 e. The van der Waals surface area contributed by atoms with Crippen LogP contribution in [0.1, 0.15) is 47.0 Å². The van der Waals surface area contributed by atoms with Gasteiger partial charge in [-0.25, -0.2) is 0 Å². The first kappa shape index (κ1) is 11.0. The van der Waals surface area contributed by atoms with Gasteiger partial charge in [0.25, 0.3) is 0 Å². The minimum atomic E-state index is 0.616. The second kappa shape index (κ2) is 5.59. The molecule has 0 aromatic rings. The van der Waals surface area contributed by atoms with E-state index < -0.39 is 0 Å². The lowest BCUT2D eigenvalue weighted by Crippen LogP contribution is -2.32. The average molecular weight is 157 g/mol. The van der Waals surface area contributed by atoms with Crippen LogP contribution in [0.4, 0.5) is 0 Å². The molecule has 1 saturated heterocycles. The summed E-state index contributed by atoms with van der Waals surface area (Å²) < 4.78 is 0. The molecule has 0 atom stereocenters. The molecule has 68 valence electrons. The van der Waals surface area contributed by atoms with E-state index in [0.29, 0.717) is 5.41 Å².